The van der Waals surface area contributed by atoms with Gasteiger partial charge < -0.3 is 4.74 Å². The van der Waals surface area contributed by atoms with Gasteiger partial charge in [-0.2, -0.15) is 0 Å². The largest absolute Gasteiger partial charge is 0.455 e. The van der Waals surface area contributed by atoms with E-state index in [-0.39, 0.29) is 0 Å². The second-order valence-electron chi connectivity index (χ2n) is 3.50. The predicted molar refractivity (Wildman–Crippen MR) is 99.2 cm³/mol. The van der Waals surface area contributed by atoms with Crippen molar-refractivity contribution in [3.8, 4) is 11.5 Å². The van der Waals surface area contributed by atoms with Gasteiger partial charge in [0.2, 0.25) is 0 Å². The Balaban J connectivity index is 2.44. The fourth-order valence-electron chi connectivity index (χ4n) is 1.31. The van der Waals surface area contributed by atoms with E-state index in [0.29, 0.717) is 0 Å². The van der Waals surface area contributed by atoms with Crippen LogP contribution in [0.15, 0.2) is 51.1 Å². The Morgan fingerprint density at radius 3 is 1.89 bits per heavy atom. The van der Waals surface area contributed by atoms with Crippen LogP contribution < -0.4 is 4.74 Å². The molecule has 1 nitrogen and oxygen atoms in total. The fourth-order valence-corrected chi connectivity index (χ4v) is 4.20. The first-order chi connectivity index (χ1) is 8.88. The Morgan fingerprint density at radius 1 is 0.579 bits per heavy atom. The summed E-state index contributed by atoms with van der Waals surface area (Å²) in [4.78, 5) is 0. The van der Waals surface area contributed by atoms with Crippen LogP contribution in [-0.4, -0.2) is 0 Å². The van der Waals surface area contributed by atoms with E-state index in [1.807, 2.05) is 24.3 Å². The molecule has 0 saturated heterocycles. The summed E-state index contributed by atoms with van der Waals surface area (Å²) >= 11 is 20.8. The van der Waals surface area contributed by atoms with Crippen LogP contribution in [0.25, 0.3) is 0 Å². The summed E-state index contributed by atoms with van der Waals surface area (Å²) in [5.41, 5.74) is 0. The van der Waals surface area contributed by atoms with Crippen molar-refractivity contribution in [2.75, 3.05) is 0 Å². The first-order valence-electron chi connectivity index (χ1n) is 4.85. The Labute approximate surface area is 161 Å². The summed E-state index contributed by atoms with van der Waals surface area (Å²) in [5.74, 6) is 1.44. The Bertz CT molecular complexity index is 641. The molecule has 0 radical (unpaired) electrons. The SMILES string of the molecule is Brc1cc(Br)c(Br)c(Oc2cc(Br)c(Br)cc2Br)c1. The lowest BCUT2D eigenvalue weighted by Gasteiger charge is -2.12. The molecule has 0 atom stereocenters. The zero-order valence-electron chi connectivity index (χ0n) is 8.99. The molecule has 0 heterocycles. The summed E-state index contributed by atoms with van der Waals surface area (Å²) < 4.78 is 11.4. The minimum Gasteiger partial charge on any atom is -0.455 e. The first kappa shape index (κ1) is 16.5. The molecule has 2 rings (SSSR count). The molecule has 19 heavy (non-hydrogen) atoms. The van der Waals surface area contributed by atoms with Crippen LogP contribution in [0.4, 0.5) is 0 Å². The number of hydrogen-bond donors (Lipinski definition) is 0. The number of ether oxygens (including phenoxy) is 1. The van der Waals surface area contributed by atoms with E-state index in [0.717, 1.165) is 38.3 Å². The lowest BCUT2D eigenvalue weighted by atomic mass is 10.3. The molecule has 0 aromatic heterocycles. The minimum atomic E-state index is 0.719. The second-order valence-corrected chi connectivity index (χ2v) is 8.62. The van der Waals surface area contributed by atoms with Gasteiger partial charge in [0, 0.05) is 17.9 Å². The van der Waals surface area contributed by atoms with Crippen molar-refractivity contribution < 1.29 is 4.74 Å². The van der Waals surface area contributed by atoms with Gasteiger partial charge in [-0.25, -0.2) is 0 Å². The number of rotatable bonds is 2. The smallest absolute Gasteiger partial charge is 0.143 e. The molecule has 0 aliphatic carbocycles. The molecule has 0 spiro atoms. The van der Waals surface area contributed by atoms with Crippen LogP contribution in [0.5, 0.6) is 11.5 Å². The summed E-state index contributed by atoms with van der Waals surface area (Å²) in [5, 5.41) is 0. The molecule has 0 aliphatic rings. The zero-order chi connectivity index (χ0) is 14.2. The standard InChI is InChI=1S/C12H4Br6O/c13-5-1-9(17)12(18)11(2-5)19-10-4-7(15)6(14)3-8(10)16/h1-4H. The van der Waals surface area contributed by atoms with Crippen molar-refractivity contribution >= 4 is 95.6 Å². The molecular formula is C12H4Br6O. The summed E-state index contributed by atoms with van der Waals surface area (Å²) in [6.07, 6.45) is 0. The quantitative estimate of drug-likeness (QED) is 0.301. The molecule has 2 aromatic rings. The van der Waals surface area contributed by atoms with Gasteiger partial charge >= 0.3 is 0 Å². The highest BCUT2D eigenvalue weighted by Gasteiger charge is 2.12. The van der Waals surface area contributed by atoms with Gasteiger partial charge in [-0.3, -0.25) is 0 Å². The third-order valence-electron chi connectivity index (χ3n) is 2.15. The average Bonchev–Trinajstić information content (AvgIpc) is 2.32. The molecule has 2 aromatic carbocycles. The van der Waals surface area contributed by atoms with Crippen molar-refractivity contribution in [2.24, 2.45) is 0 Å². The molecule has 100 valence electrons. The molecule has 0 fully saturated rings. The number of hydrogen-bond acceptors (Lipinski definition) is 1. The highest BCUT2D eigenvalue weighted by molar-refractivity contribution is 9.13. The average molecular weight is 644 g/mol. The van der Waals surface area contributed by atoms with Crippen LogP contribution in [0.3, 0.4) is 0 Å². The van der Waals surface area contributed by atoms with Gasteiger partial charge in [0.1, 0.15) is 11.5 Å². The molecule has 0 saturated carbocycles. The molecule has 0 aliphatic heterocycles. The molecule has 0 unspecified atom stereocenters. The van der Waals surface area contributed by atoms with Crippen LogP contribution >= 0.6 is 95.6 Å². The van der Waals surface area contributed by atoms with Crippen molar-refractivity contribution in [1.82, 2.24) is 0 Å². The highest BCUT2D eigenvalue weighted by Crippen LogP contribution is 2.42. The first-order valence-corrected chi connectivity index (χ1v) is 9.61. The van der Waals surface area contributed by atoms with E-state index in [1.54, 1.807) is 0 Å². The lowest BCUT2D eigenvalue weighted by Crippen LogP contribution is -1.88. The van der Waals surface area contributed by atoms with Gasteiger partial charge in [0.05, 0.1) is 8.95 Å². The molecular weight excluding hydrogens is 640 g/mol. The van der Waals surface area contributed by atoms with Gasteiger partial charge in [-0.1, -0.05) is 15.9 Å². The number of halogens is 6. The predicted octanol–water partition coefficient (Wildman–Crippen LogP) is 8.05. The highest BCUT2D eigenvalue weighted by atomic mass is 79.9. The van der Waals surface area contributed by atoms with E-state index in [9.17, 15) is 0 Å². The number of benzene rings is 2. The maximum atomic E-state index is 5.93. The zero-order valence-corrected chi connectivity index (χ0v) is 18.5. The van der Waals surface area contributed by atoms with E-state index in [1.165, 1.54) is 0 Å². The molecule has 7 heteroatoms. The van der Waals surface area contributed by atoms with Crippen LogP contribution in [0.2, 0.25) is 0 Å². The maximum Gasteiger partial charge on any atom is 0.143 e. The van der Waals surface area contributed by atoms with Gasteiger partial charge in [-0.05, 0) is 104 Å². The van der Waals surface area contributed by atoms with Crippen molar-refractivity contribution in [3.63, 3.8) is 0 Å². The Hall–Kier alpha value is 1.12. The van der Waals surface area contributed by atoms with E-state index >= 15 is 0 Å². The third kappa shape index (κ3) is 4.07. The summed E-state index contributed by atoms with van der Waals surface area (Å²) in [6, 6.07) is 7.68. The van der Waals surface area contributed by atoms with Gasteiger partial charge in [0.15, 0.2) is 0 Å². The minimum absolute atomic E-state index is 0.719. The fraction of sp³-hybridized carbons (Fsp3) is 0. The van der Waals surface area contributed by atoms with Crippen LogP contribution in [0, 0.1) is 0 Å². The van der Waals surface area contributed by atoms with Crippen LogP contribution in [0.1, 0.15) is 0 Å². The van der Waals surface area contributed by atoms with Crippen molar-refractivity contribution in [2.45, 2.75) is 0 Å². The van der Waals surface area contributed by atoms with Crippen molar-refractivity contribution in [1.29, 1.82) is 0 Å². The molecule has 0 amide bonds. The van der Waals surface area contributed by atoms with Crippen molar-refractivity contribution in [3.05, 3.63) is 51.1 Å². The Morgan fingerprint density at radius 2 is 1.21 bits per heavy atom. The van der Waals surface area contributed by atoms with Gasteiger partial charge in [-0.15, -0.1) is 0 Å². The summed E-state index contributed by atoms with van der Waals surface area (Å²) in [7, 11) is 0. The maximum absolute atomic E-state index is 5.93. The molecule has 0 N–H and O–H groups in total. The van der Waals surface area contributed by atoms with Crippen LogP contribution in [-0.2, 0) is 0 Å². The normalized spacial score (nSPS) is 10.6. The third-order valence-corrected chi connectivity index (χ3v) is 7.05. The topological polar surface area (TPSA) is 9.23 Å². The Kier molecular flexibility index (Phi) is 6.01. The van der Waals surface area contributed by atoms with E-state index < -0.39 is 0 Å². The second kappa shape index (κ2) is 6.92. The summed E-state index contributed by atoms with van der Waals surface area (Å²) in [6.45, 7) is 0. The van der Waals surface area contributed by atoms with Gasteiger partial charge in [0.25, 0.3) is 0 Å². The van der Waals surface area contributed by atoms with E-state index in [4.69, 9.17) is 4.74 Å². The van der Waals surface area contributed by atoms with E-state index in [2.05, 4.69) is 95.6 Å². The monoisotopic (exact) mass is 638 g/mol. The lowest BCUT2D eigenvalue weighted by molar-refractivity contribution is 0.475. The molecule has 0 bridgehead atoms.